The Labute approximate surface area is 95.0 Å². The minimum absolute atomic E-state index is 0.0409. The second-order valence-electron chi connectivity index (χ2n) is 4.89. The number of hydrogen-bond donors (Lipinski definition) is 0. The van der Waals surface area contributed by atoms with Gasteiger partial charge in [0.1, 0.15) is 6.61 Å². The minimum Gasteiger partial charge on any atom is -0.461 e. The van der Waals surface area contributed by atoms with Crippen molar-refractivity contribution < 1.29 is 9.53 Å². The molecule has 2 heterocycles. The summed E-state index contributed by atoms with van der Waals surface area (Å²) in [6.07, 6.45) is 1.08. The molecule has 3 heteroatoms. The SMILES string of the molecule is CN1CCC2(COC(=O)c3ccccc32)C1. The maximum Gasteiger partial charge on any atom is 0.338 e. The van der Waals surface area contributed by atoms with Crippen LogP contribution < -0.4 is 0 Å². The van der Waals surface area contributed by atoms with E-state index in [2.05, 4.69) is 18.0 Å². The van der Waals surface area contributed by atoms with E-state index in [0.717, 1.165) is 25.1 Å². The normalized spacial score (nSPS) is 29.2. The molecular formula is C13H15NO2. The quantitative estimate of drug-likeness (QED) is 0.616. The van der Waals surface area contributed by atoms with Crippen LogP contribution in [0.3, 0.4) is 0 Å². The lowest BCUT2D eigenvalue weighted by molar-refractivity contribution is 0.0347. The smallest absolute Gasteiger partial charge is 0.338 e. The summed E-state index contributed by atoms with van der Waals surface area (Å²) >= 11 is 0. The largest absolute Gasteiger partial charge is 0.461 e. The number of likely N-dealkylation sites (N-methyl/N-ethyl adjacent to an activating group) is 1. The molecule has 0 amide bonds. The van der Waals surface area contributed by atoms with Crippen LogP contribution in [0.5, 0.6) is 0 Å². The average molecular weight is 217 g/mol. The van der Waals surface area contributed by atoms with Gasteiger partial charge in [0.25, 0.3) is 0 Å². The molecule has 3 rings (SSSR count). The van der Waals surface area contributed by atoms with Gasteiger partial charge in [-0.05, 0) is 31.6 Å². The number of carbonyl (C=O) groups is 1. The maximum absolute atomic E-state index is 11.7. The Bertz CT molecular complexity index is 443. The lowest BCUT2D eigenvalue weighted by Gasteiger charge is -2.34. The molecule has 1 fully saturated rings. The molecule has 1 aromatic carbocycles. The second kappa shape index (κ2) is 3.32. The monoisotopic (exact) mass is 217 g/mol. The van der Waals surface area contributed by atoms with Crippen molar-refractivity contribution in [2.75, 3.05) is 26.7 Å². The number of carbonyl (C=O) groups excluding carboxylic acids is 1. The third kappa shape index (κ3) is 1.28. The summed E-state index contributed by atoms with van der Waals surface area (Å²) in [5.74, 6) is -0.171. The van der Waals surface area contributed by atoms with Gasteiger partial charge in [0.05, 0.1) is 5.56 Å². The highest BCUT2D eigenvalue weighted by atomic mass is 16.5. The summed E-state index contributed by atoms with van der Waals surface area (Å²) in [5, 5.41) is 0. The summed E-state index contributed by atoms with van der Waals surface area (Å²) in [6, 6.07) is 7.86. The number of likely N-dealkylation sites (tertiary alicyclic amines) is 1. The number of esters is 1. The third-order valence-electron chi connectivity index (χ3n) is 3.74. The van der Waals surface area contributed by atoms with Crippen LogP contribution in [0.4, 0.5) is 0 Å². The molecule has 0 bridgehead atoms. The molecule has 0 aliphatic carbocycles. The molecule has 0 aromatic heterocycles. The summed E-state index contributed by atoms with van der Waals surface area (Å²) in [7, 11) is 2.12. The van der Waals surface area contributed by atoms with Gasteiger partial charge in [0.2, 0.25) is 0 Å². The van der Waals surface area contributed by atoms with Gasteiger partial charge in [0.15, 0.2) is 0 Å². The Hall–Kier alpha value is -1.35. The predicted octanol–water partition coefficient (Wildman–Crippen LogP) is 1.43. The Morgan fingerprint density at radius 3 is 2.94 bits per heavy atom. The van der Waals surface area contributed by atoms with Crippen LogP contribution >= 0.6 is 0 Å². The lowest BCUT2D eigenvalue weighted by Crippen LogP contribution is -2.40. The number of hydrogen-bond acceptors (Lipinski definition) is 3. The van der Waals surface area contributed by atoms with Crippen molar-refractivity contribution in [1.82, 2.24) is 4.90 Å². The molecule has 2 aliphatic heterocycles. The highest BCUT2D eigenvalue weighted by Crippen LogP contribution is 2.39. The first-order chi connectivity index (χ1) is 7.71. The highest BCUT2D eigenvalue weighted by molar-refractivity contribution is 5.92. The van der Waals surface area contributed by atoms with E-state index in [1.54, 1.807) is 0 Å². The van der Waals surface area contributed by atoms with E-state index in [1.165, 1.54) is 5.56 Å². The summed E-state index contributed by atoms with van der Waals surface area (Å²) in [4.78, 5) is 14.0. The molecule has 1 atom stereocenters. The van der Waals surface area contributed by atoms with E-state index in [1.807, 2.05) is 18.2 Å². The number of ether oxygens (including phenoxy) is 1. The van der Waals surface area contributed by atoms with Crippen LogP contribution in [-0.2, 0) is 10.2 Å². The fraction of sp³-hybridized carbons (Fsp3) is 0.462. The lowest BCUT2D eigenvalue weighted by atomic mass is 9.76. The van der Waals surface area contributed by atoms with Crippen molar-refractivity contribution in [2.24, 2.45) is 0 Å². The molecule has 1 unspecified atom stereocenters. The maximum atomic E-state index is 11.7. The van der Waals surface area contributed by atoms with E-state index >= 15 is 0 Å². The van der Waals surface area contributed by atoms with Gasteiger partial charge < -0.3 is 9.64 Å². The molecule has 2 aliphatic rings. The molecule has 0 N–H and O–H groups in total. The van der Waals surface area contributed by atoms with Crippen molar-refractivity contribution in [2.45, 2.75) is 11.8 Å². The van der Waals surface area contributed by atoms with Gasteiger partial charge in [0, 0.05) is 12.0 Å². The zero-order valence-electron chi connectivity index (χ0n) is 9.40. The highest BCUT2D eigenvalue weighted by Gasteiger charge is 2.44. The van der Waals surface area contributed by atoms with Crippen LogP contribution in [0.1, 0.15) is 22.3 Å². The molecule has 0 radical (unpaired) electrons. The van der Waals surface area contributed by atoms with E-state index in [-0.39, 0.29) is 11.4 Å². The number of rotatable bonds is 0. The van der Waals surface area contributed by atoms with Gasteiger partial charge in [-0.15, -0.1) is 0 Å². The zero-order chi connectivity index (χ0) is 11.2. The molecule has 16 heavy (non-hydrogen) atoms. The van der Waals surface area contributed by atoms with E-state index in [9.17, 15) is 4.79 Å². The van der Waals surface area contributed by atoms with Crippen molar-refractivity contribution >= 4 is 5.97 Å². The van der Waals surface area contributed by atoms with E-state index in [4.69, 9.17) is 4.74 Å². The number of fused-ring (bicyclic) bond motifs is 2. The molecular weight excluding hydrogens is 202 g/mol. The Kier molecular flexibility index (Phi) is 2.04. The van der Waals surface area contributed by atoms with E-state index in [0.29, 0.717) is 6.61 Å². The second-order valence-corrected chi connectivity index (χ2v) is 4.89. The van der Waals surface area contributed by atoms with Gasteiger partial charge in [-0.2, -0.15) is 0 Å². The molecule has 84 valence electrons. The first-order valence-corrected chi connectivity index (χ1v) is 5.66. The summed E-state index contributed by atoms with van der Waals surface area (Å²) < 4.78 is 5.32. The zero-order valence-corrected chi connectivity index (χ0v) is 9.40. The van der Waals surface area contributed by atoms with Crippen molar-refractivity contribution in [3.05, 3.63) is 35.4 Å². The van der Waals surface area contributed by atoms with Gasteiger partial charge in [-0.1, -0.05) is 18.2 Å². The fourth-order valence-corrected chi connectivity index (χ4v) is 2.90. The first kappa shape index (κ1) is 9.85. The third-order valence-corrected chi connectivity index (χ3v) is 3.74. The molecule has 1 aromatic rings. The van der Waals surface area contributed by atoms with Gasteiger partial charge in [-0.3, -0.25) is 0 Å². The van der Waals surface area contributed by atoms with Crippen molar-refractivity contribution in [1.29, 1.82) is 0 Å². The van der Waals surface area contributed by atoms with Crippen LogP contribution in [0.25, 0.3) is 0 Å². The Morgan fingerprint density at radius 1 is 1.38 bits per heavy atom. The predicted molar refractivity (Wildman–Crippen MR) is 60.5 cm³/mol. The summed E-state index contributed by atoms with van der Waals surface area (Å²) in [5.41, 5.74) is 1.97. The number of cyclic esters (lactones) is 1. The van der Waals surface area contributed by atoms with Crippen molar-refractivity contribution in [3.8, 4) is 0 Å². The topological polar surface area (TPSA) is 29.5 Å². The first-order valence-electron chi connectivity index (χ1n) is 5.66. The number of benzene rings is 1. The number of nitrogens with zero attached hydrogens (tertiary/aromatic N) is 1. The average Bonchev–Trinajstić information content (AvgIpc) is 2.68. The fourth-order valence-electron chi connectivity index (χ4n) is 2.90. The Morgan fingerprint density at radius 2 is 2.19 bits per heavy atom. The van der Waals surface area contributed by atoms with Crippen LogP contribution in [0.2, 0.25) is 0 Å². The van der Waals surface area contributed by atoms with E-state index < -0.39 is 0 Å². The van der Waals surface area contributed by atoms with Crippen LogP contribution in [0, 0.1) is 0 Å². The van der Waals surface area contributed by atoms with Crippen LogP contribution in [0.15, 0.2) is 24.3 Å². The molecule has 1 saturated heterocycles. The minimum atomic E-state index is -0.171. The van der Waals surface area contributed by atoms with Gasteiger partial charge >= 0.3 is 5.97 Å². The standard InChI is InChI=1S/C13H15NO2/c1-14-7-6-13(8-14)9-16-12(15)10-4-2-3-5-11(10)13/h2-5H,6-9H2,1H3. The van der Waals surface area contributed by atoms with Crippen molar-refractivity contribution in [3.63, 3.8) is 0 Å². The Balaban J connectivity index is 2.11. The molecule has 0 saturated carbocycles. The molecule has 3 nitrogen and oxygen atoms in total. The molecule has 1 spiro atoms. The van der Waals surface area contributed by atoms with Gasteiger partial charge in [-0.25, -0.2) is 4.79 Å². The van der Waals surface area contributed by atoms with Crippen LogP contribution in [-0.4, -0.2) is 37.6 Å². The summed E-state index contributed by atoms with van der Waals surface area (Å²) in [6.45, 7) is 2.59.